The van der Waals surface area contributed by atoms with Crippen LogP contribution in [0.2, 0.25) is 0 Å². The van der Waals surface area contributed by atoms with Crippen LogP contribution in [0.5, 0.6) is 0 Å². The van der Waals surface area contributed by atoms with Gasteiger partial charge < -0.3 is 20.7 Å². The van der Waals surface area contributed by atoms with E-state index >= 15 is 0 Å². The van der Waals surface area contributed by atoms with E-state index in [2.05, 4.69) is 15.3 Å². The zero-order valence-corrected chi connectivity index (χ0v) is 16.4. The number of carbonyl (C=O) groups excluding carboxylic acids is 2. The van der Waals surface area contributed by atoms with E-state index in [1.165, 1.54) is 6.20 Å². The van der Waals surface area contributed by atoms with Gasteiger partial charge in [0.05, 0.1) is 18.0 Å². The number of amides is 2. The van der Waals surface area contributed by atoms with Gasteiger partial charge in [-0.25, -0.2) is 9.97 Å². The maximum atomic E-state index is 12.6. The van der Waals surface area contributed by atoms with Gasteiger partial charge in [0, 0.05) is 37.0 Å². The number of nitrogens with one attached hydrogen (secondary N) is 1. The number of hydrogen-bond donors (Lipinski definition) is 2. The molecule has 1 aliphatic rings. The van der Waals surface area contributed by atoms with E-state index in [-0.39, 0.29) is 23.5 Å². The number of ether oxygens (including phenoxy) is 1. The number of anilines is 2. The summed E-state index contributed by atoms with van der Waals surface area (Å²) in [5.74, 6) is -0.434. The Morgan fingerprint density at radius 2 is 1.80 bits per heavy atom. The zero-order chi connectivity index (χ0) is 21.1. The van der Waals surface area contributed by atoms with Crippen molar-refractivity contribution in [1.29, 1.82) is 0 Å². The molecule has 8 heteroatoms. The molecule has 3 N–H and O–H groups in total. The smallest absolute Gasteiger partial charge is 0.278 e. The number of methoxy groups -OCH3 is 1. The molecule has 0 bridgehead atoms. The highest BCUT2D eigenvalue weighted by Crippen LogP contribution is 2.22. The van der Waals surface area contributed by atoms with Gasteiger partial charge in [-0.15, -0.1) is 0 Å². The van der Waals surface area contributed by atoms with Crippen LogP contribution in [-0.4, -0.2) is 53.0 Å². The van der Waals surface area contributed by atoms with Crippen LogP contribution in [0.1, 0.15) is 20.8 Å². The van der Waals surface area contributed by atoms with Crippen LogP contribution < -0.4 is 11.1 Å². The molecule has 0 aliphatic carbocycles. The van der Waals surface area contributed by atoms with E-state index in [1.807, 2.05) is 18.2 Å². The zero-order valence-electron chi connectivity index (χ0n) is 16.4. The summed E-state index contributed by atoms with van der Waals surface area (Å²) in [5, 5.41) is 2.75. The van der Waals surface area contributed by atoms with E-state index in [0.29, 0.717) is 30.0 Å². The number of rotatable bonds is 5. The number of para-hydroxylation sites is 1. The summed E-state index contributed by atoms with van der Waals surface area (Å²) < 4.78 is 5.20. The van der Waals surface area contributed by atoms with Gasteiger partial charge in [-0.1, -0.05) is 30.3 Å². The third-order valence-corrected chi connectivity index (χ3v) is 4.94. The first kappa shape index (κ1) is 19.5. The maximum Gasteiger partial charge on any atom is 0.278 e. The Kier molecular flexibility index (Phi) is 5.40. The lowest BCUT2D eigenvalue weighted by atomic mass is 10.1. The Bertz CT molecular complexity index is 1060. The molecule has 1 aliphatic heterocycles. The molecule has 0 atom stereocenters. The van der Waals surface area contributed by atoms with Gasteiger partial charge in [0.2, 0.25) is 0 Å². The van der Waals surface area contributed by atoms with Crippen LogP contribution >= 0.6 is 0 Å². The summed E-state index contributed by atoms with van der Waals surface area (Å²) >= 11 is 0. The largest absolute Gasteiger partial charge is 0.382 e. The van der Waals surface area contributed by atoms with Crippen LogP contribution in [-0.2, 0) is 4.74 Å². The Hall–Kier alpha value is -3.78. The van der Waals surface area contributed by atoms with Crippen molar-refractivity contribution in [2.45, 2.75) is 6.10 Å². The summed E-state index contributed by atoms with van der Waals surface area (Å²) in [5.41, 5.74) is 8.35. The highest BCUT2D eigenvalue weighted by molar-refractivity contribution is 6.06. The summed E-state index contributed by atoms with van der Waals surface area (Å²) in [6, 6.07) is 16.1. The molecule has 1 saturated heterocycles. The molecule has 152 valence electrons. The average molecular weight is 403 g/mol. The number of hydrogen-bond acceptors (Lipinski definition) is 6. The van der Waals surface area contributed by atoms with Crippen molar-refractivity contribution < 1.29 is 14.3 Å². The van der Waals surface area contributed by atoms with Crippen molar-refractivity contribution in [3.8, 4) is 11.3 Å². The van der Waals surface area contributed by atoms with Crippen LogP contribution in [0, 0.1) is 0 Å². The number of carbonyl (C=O) groups is 2. The molecule has 2 aromatic carbocycles. The predicted molar refractivity (Wildman–Crippen MR) is 113 cm³/mol. The van der Waals surface area contributed by atoms with Gasteiger partial charge in [0.25, 0.3) is 11.8 Å². The molecule has 0 spiro atoms. The molecule has 3 aromatic rings. The molecule has 30 heavy (non-hydrogen) atoms. The maximum absolute atomic E-state index is 12.6. The number of nitrogens with two attached hydrogens (primary N) is 1. The number of benzene rings is 2. The Morgan fingerprint density at radius 1 is 1.10 bits per heavy atom. The lowest BCUT2D eigenvalue weighted by Gasteiger charge is -2.38. The number of nitrogen functional groups attached to an aromatic ring is 1. The second-order valence-corrected chi connectivity index (χ2v) is 6.95. The van der Waals surface area contributed by atoms with Gasteiger partial charge in [-0.3, -0.25) is 9.59 Å². The topological polar surface area (TPSA) is 110 Å². The van der Waals surface area contributed by atoms with Crippen molar-refractivity contribution in [2.75, 3.05) is 31.2 Å². The SMILES string of the molecule is COC1CN(C(=O)c2ccc(-c3cnc(N)c(C(=O)Nc4ccccc4)n3)cc2)C1. The molecule has 2 amide bonds. The second kappa shape index (κ2) is 8.30. The van der Waals surface area contributed by atoms with Gasteiger partial charge in [-0.05, 0) is 24.3 Å². The highest BCUT2D eigenvalue weighted by atomic mass is 16.5. The summed E-state index contributed by atoms with van der Waals surface area (Å²) in [6.45, 7) is 1.20. The Morgan fingerprint density at radius 3 is 2.47 bits per heavy atom. The van der Waals surface area contributed by atoms with Crippen molar-refractivity contribution in [3.63, 3.8) is 0 Å². The first-order chi connectivity index (χ1) is 14.5. The predicted octanol–water partition coefficient (Wildman–Crippen LogP) is 2.45. The molecule has 1 aromatic heterocycles. The fourth-order valence-electron chi connectivity index (χ4n) is 3.14. The summed E-state index contributed by atoms with van der Waals surface area (Å²) in [6.07, 6.45) is 1.61. The molecule has 8 nitrogen and oxygen atoms in total. The van der Waals surface area contributed by atoms with Gasteiger partial charge in [0.15, 0.2) is 11.5 Å². The lowest BCUT2D eigenvalue weighted by molar-refractivity contribution is -0.0191. The Labute approximate surface area is 173 Å². The molecular formula is C22H21N5O3. The van der Waals surface area contributed by atoms with E-state index in [0.717, 1.165) is 5.56 Å². The van der Waals surface area contributed by atoms with Crippen molar-refractivity contribution in [3.05, 3.63) is 72.1 Å². The molecule has 4 rings (SSSR count). The van der Waals surface area contributed by atoms with Crippen LogP contribution in [0.25, 0.3) is 11.3 Å². The lowest BCUT2D eigenvalue weighted by Crippen LogP contribution is -2.54. The first-order valence-electron chi connectivity index (χ1n) is 9.46. The normalized spacial score (nSPS) is 13.6. The molecule has 2 heterocycles. The third-order valence-electron chi connectivity index (χ3n) is 4.94. The van der Waals surface area contributed by atoms with Crippen molar-refractivity contribution in [2.24, 2.45) is 0 Å². The van der Waals surface area contributed by atoms with E-state index < -0.39 is 5.91 Å². The van der Waals surface area contributed by atoms with E-state index in [4.69, 9.17) is 10.5 Å². The summed E-state index contributed by atoms with van der Waals surface area (Å²) in [4.78, 5) is 35.3. The molecular weight excluding hydrogens is 382 g/mol. The minimum Gasteiger partial charge on any atom is -0.382 e. The molecule has 0 unspecified atom stereocenters. The second-order valence-electron chi connectivity index (χ2n) is 6.95. The highest BCUT2D eigenvalue weighted by Gasteiger charge is 2.30. The van der Waals surface area contributed by atoms with Gasteiger partial charge >= 0.3 is 0 Å². The van der Waals surface area contributed by atoms with Crippen molar-refractivity contribution in [1.82, 2.24) is 14.9 Å². The number of aromatic nitrogens is 2. The fraction of sp³-hybridized carbons (Fsp3) is 0.182. The van der Waals surface area contributed by atoms with Gasteiger partial charge in [-0.2, -0.15) is 0 Å². The quantitative estimate of drug-likeness (QED) is 0.677. The number of likely N-dealkylation sites (tertiary alicyclic amines) is 1. The fourth-order valence-corrected chi connectivity index (χ4v) is 3.14. The minimum absolute atomic E-state index is 0.0406. The minimum atomic E-state index is -0.440. The van der Waals surface area contributed by atoms with Crippen molar-refractivity contribution >= 4 is 23.3 Å². The molecule has 0 radical (unpaired) electrons. The van der Waals surface area contributed by atoms with Crippen LogP contribution in [0.15, 0.2) is 60.8 Å². The standard InChI is InChI=1S/C22H21N5O3/c1-30-17-12-27(13-17)22(29)15-9-7-14(8-10-15)18-11-24-20(23)19(26-18)21(28)25-16-5-3-2-4-6-16/h2-11,17H,12-13H2,1H3,(H2,23,24)(H,25,28). The Balaban J connectivity index is 1.51. The molecule has 0 saturated carbocycles. The third kappa shape index (κ3) is 3.99. The van der Waals surface area contributed by atoms with Crippen LogP contribution in [0.4, 0.5) is 11.5 Å². The van der Waals surface area contributed by atoms with E-state index in [9.17, 15) is 9.59 Å². The average Bonchev–Trinajstić information content (AvgIpc) is 2.74. The van der Waals surface area contributed by atoms with Gasteiger partial charge in [0.1, 0.15) is 0 Å². The number of nitrogens with zero attached hydrogens (tertiary/aromatic N) is 3. The first-order valence-corrected chi connectivity index (χ1v) is 9.46. The van der Waals surface area contributed by atoms with E-state index in [1.54, 1.807) is 48.4 Å². The summed E-state index contributed by atoms with van der Waals surface area (Å²) in [7, 11) is 1.64. The molecule has 1 fully saturated rings. The van der Waals surface area contributed by atoms with Crippen LogP contribution in [0.3, 0.4) is 0 Å². The monoisotopic (exact) mass is 403 g/mol.